The van der Waals surface area contributed by atoms with Gasteiger partial charge in [-0.15, -0.1) is 0 Å². The van der Waals surface area contributed by atoms with Crippen LogP contribution in [-0.4, -0.2) is 36.2 Å². The molecule has 4 rings (SSSR count). The van der Waals surface area contributed by atoms with Crippen molar-refractivity contribution in [2.24, 2.45) is 17.3 Å². The van der Waals surface area contributed by atoms with E-state index in [1.165, 1.54) is 19.9 Å². The van der Waals surface area contributed by atoms with Crippen molar-refractivity contribution in [1.82, 2.24) is 0 Å². The van der Waals surface area contributed by atoms with E-state index in [-0.39, 0.29) is 23.7 Å². The lowest BCUT2D eigenvalue weighted by Gasteiger charge is -2.58. The highest BCUT2D eigenvalue weighted by atomic mass is 16.7. The van der Waals surface area contributed by atoms with E-state index in [0.29, 0.717) is 0 Å². The molecule has 6 heteroatoms. The molecule has 25 heavy (non-hydrogen) atoms. The van der Waals surface area contributed by atoms with Gasteiger partial charge in [0, 0.05) is 19.8 Å². The number of ether oxygens (including phenoxy) is 3. The minimum absolute atomic E-state index is 0.00980. The Labute approximate surface area is 147 Å². The van der Waals surface area contributed by atoms with Crippen LogP contribution in [-0.2, 0) is 28.6 Å². The molecule has 1 saturated carbocycles. The Balaban J connectivity index is 2.08. The standard InChI is InChI=1S/C19H24O6/c1-9(2)6-15(22)17(23-11(4)20)19-13-8-14(19)16(7-10(13)3)25-18(19)24-12(5)21/h6-7,13-14,16-18H,8H2,1-5H3/t13-,14+,16-,17?,18+,19-/m1/s1. The van der Waals surface area contributed by atoms with E-state index in [4.69, 9.17) is 14.2 Å². The first-order valence-electron chi connectivity index (χ1n) is 8.54. The van der Waals surface area contributed by atoms with E-state index in [9.17, 15) is 14.4 Å². The second kappa shape index (κ2) is 6.09. The van der Waals surface area contributed by atoms with Crippen molar-refractivity contribution in [3.05, 3.63) is 23.3 Å². The summed E-state index contributed by atoms with van der Waals surface area (Å²) in [6.45, 7) is 8.20. The molecule has 1 heterocycles. The number of hydrogen-bond donors (Lipinski definition) is 0. The van der Waals surface area contributed by atoms with Crippen LogP contribution in [0.4, 0.5) is 0 Å². The highest BCUT2D eigenvalue weighted by Crippen LogP contribution is 2.69. The van der Waals surface area contributed by atoms with Crippen LogP contribution in [0.2, 0.25) is 0 Å². The monoisotopic (exact) mass is 348 g/mol. The molecule has 6 nitrogen and oxygen atoms in total. The molecule has 0 aromatic rings. The molecule has 6 atom stereocenters. The zero-order valence-electron chi connectivity index (χ0n) is 15.2. The third-order valence-electron chi connectivity index (χ3n) is 5.50. The number of rotatable bonds is 5. The molecule has 4 aliphatic rings. The van der Waals surface area contributed by atoms with Gasteiger partial charge < -0.3 is 14.2 Å². The average Bonchev–Trinajstić information content (AvgIpc) is 2.58. The van der Waals surface area contributed by atoms with E-state index >= 15 is 0 Å². The maximum atomic E-state index is 12.9. The van der Waals surface area contributed by atoms with Gasteiger partial charge in [-0.2, -0.15) is 0 Å². The normalized spacial score (nSPS) is 35.8. The van der Waals surface area contributed by atoms with Crippen molar-refractivity contribution >= 4 is 17.7 Å². The fraction of sp³-hybridized carbons (Fsp3) is 0.632. The fourth-order valence-corrected chi connectivity index (χ4v) is 4.70. The van der Waals surface area contributed by atoms with Crippen LogP contribution < -0.4 is 0 Å². The Kier molecular flexibility index (Phi) is 4.35. The quantitative estimate of drug-likeness (QED) is 0.431. The molecule has 0 aromatic carbocycles. The number of carbonyl (C=O) groups excluding carboxylic acids is 3. The van der Waals surface area contributed by atoms with Crippen molar-refractivity contribution in [3.8, 4) is 0 Å². The summed E-state index contributed by atoms with van der Waals surface area (Å²) in [6.07, 6.45) is 2.19. The molecule has 136 valence electrons. The molecule has 1 unspecified atom stereocenters. The molecule has 0 aromatic heterocycles. The summed E-state index contributed by atoms with van der Waals surface area (Å²) in [5, 5.41) is 0. The molecule has 2 fully saturated rings. The molecular weight excluding hydrogens is 324 g/mol. The zero-order chi connectivity index (χ0) is 18.5. The Hall–Kier alpha value is -1.95. The number of carbonyl (C=O) groups is 3. The summed E-state index contributed by atoms with van der Waals surface area (Å²) < 4.78 is 16.9. The van der Waals surface area contributed by atoms with Gasteiger partial charge in [-0.25, -0.2) is 0 Å². The van der Waals surface area contributed by atoms with Crippen LogP contribution in [0, 0.1) is 17.3 Å². The molecule has 0 N–H and O–H groups in total. The molecular formula is C19H24O6. The highest BCUT2D eigenvalue weighted by Gasteiger charge is 2.75. The first-order chi connectivity index (χ1) is 11.7. The third-order valence-corrected chi connectivity index (χ3v) is 5.50. The summed E-state index contributed by atoms with van der Waals surface area (Å²) in [6, 6.07) is 0. The predicted octanol–water partition coefficient (Wildman–Crippen LogP) is 2.32. The maximum absolute atomic E-state index is 12.9. The van der Waals surface area contributed by atoms with E-state index in [1.807, 2.05) is 26.8 Å². The maximum Gasteiger partial charge on any atom is 0.304 e. The smallest absolute Gasteiger partial charge is 0.304 e. The van der Waals surface area contributed by atoms with Crippen LogP contribution >= 0.6 is 0 Å². The van der Waals surface area contributed by atoms with Crippen LogP contribution in [0.1, 0.15) is 41.0 Å². The molecule has 1 saturated heterocycles. The SMILES string of the molecule is CC(=O)OC(C(=O)C=C(C)C)[C@@]12[C@@H](OC(C)=O)O[C@@H]3C=C(C)[C@H]1C[C@@H]32. The fourth-order valence-electron chi connectivity index (χ4n) is 4.70. The van der Waals surface area contributed by atoms with Gasteiger partial charge in [-0.05, 0) is 39.2 Å². The van der Waals surface area contributed by atoms with E-state index in [0.717, 1.165) is 17.6 Å². The van der Waals surface area contributed by atoms with Crippen LogP contribution in [0.3, 0.4) is 0 Å². The van der Waals surface area contributed by atoms with Crippen LogP contribution in [0.25, 0.3) is 0 Å². The second-order valence-electron chi connectivity index (χ2n) is 7.46. The average molecular weight is 348 g/mol. The van der Waals surface area contributed by atoms with Crippen LogP contribution in [0.5, 0.6) is 0 Å². The minimum atomic E-state index is -1.03. The van der Waals surface area contributed by atoms with Gasteiger partial charge in [0.2, 0.25) is 6.29 Å². The topological polar surface area (TPSA) is 78.9 Å². The summed E-state index contributed by atoms with van der Waals surface area (Å²) in [4.78, 5) is 36.2. The Bertz CT molecular complexity index is 686. The summed E-state index contributed by atoms with van der Waals surface area (Å²) in [5.74, 6) is -1.33. The second-order valence-corrected chi connectivity index (χ2v) is 7.46. The van der Waals surface area contributed by atoms with E-state index in [1.54, 1.807) is 0 Å². The summed E-state index contributed by atoms with van der Waals surface area (Å²) in [7, 11) is 0. The van der Waals surface area contributed by atoms with Gasteiger partial charge in [-0.1, -0.05) is 17.2 Å². The Morgan fingerprint density at radius 2 is 1.92 bits per heavy atom. The lowest BCUT2D eigenvalue weighted by Crippen LogP contribution is -2.65. The molecule has 0 spiro atoms. The summed E-state index contributed by atoms with van der Waals surface area (Å²) >= 11 is 0. The van der Waals surface area contributed by atoms with Gasteiger partial charge >= 0.3 is 11.9 Å². The first-order valence-corrected chi connectivity index (χ1v) is 8.54. The van der Waals surface area contributed by atoms with Gasteiger partial charge in [-0.3, -0.25) is 14.4 Å². The predicted molar refractivity (Wildman–Crippen MR) is 88.2 cm³/mol. The summed E-state index contributed by atoms with van der Waals surface area (Å²) in [5.41, 5.74) is 1.06. The highest BCUT2D eigenvalue weighted by molar-refractivity contribution is 5.96. The Morgan fingerprint density at radius 3 is 2.44 bits per heavy atom. The number of esters is 2. The zero-order valence-corrected chi connectivity index (χ0v) is 15.2. The van der Waals surface area contributed by atoms with Gasteiger partial charge in [0.15, 0.2) is 11.9 Å². The Morgan fingerprint density at radius 1 is 1.24 bits per heavy atom. The molecule has 4 bridgehead atoms. The number of ketones is 1. The largest absolute Gasteiger partial charge is 0.453 e. The molecule has 0 radical (unpaired) electrons. The lowest BCUT2D eigenvalue weighted by atomic mass is 9.45. The van der Waals surface area contributed by atoms with Gasteiger partial charge in [0.05, 0.1) is 11.5 Å². The van der Waals surface area contributed by atoms with E-state index in [2.05, 4.69) is 0 Å². The van der Waals surface area contributed by atoms with Crippen molar-refractivity contribution < 1.29 is 28.6 Å². The van der Waals surface area contributed by atoms with Gasteiger partial charge in [0.25, 0.3) is 0 Å². The van der Waals surface area contributed by atoms with E-state index < -0.39 is 29.7 Å². The lowest BCUT2D eigenvalue weighted by molar-refractivity contribution is -0.229. The molecule has 1 aliphatic heterocycles. The molecule has 3 aliphatic carbocycles. The van der Waals surface area contributed by atoms with Gasteiger partial charge in [0.1, 0.15) is 0 Å². The van der Waals surface area contributed by atoms with Crippen molar-refractivity contribution in [1.29, 1.82) is 0 Å². The third kappa shape index (κ3) is 2.63. The number of hydrogen-bond acceptors (Lipinski definition) is 6. The first kappa shape index (κ1) is 17.9. The number of allylic oxidation sites excluding steroid dienone is 2. The van der Waals surface area contributed by atoms with Crippen molar-refractivity contribution in [2.45, 2.75) is 59.5 Å². The van der Waals surface area contributed by atoms with Crippen molar-refractivity contribution in [3.63, 3.8) is 0 Å². The van der Waals surface area contributed by atoms with Crippen molar-refractivity contribution in [2.75, 3.05) is 0 Å². The van der Waals surface area contributed by atoms with Crippen LogP contribution in [0.15, 0.2) is 23.3 Å². The minimum Gasteiger partial charge on any atom is -0.453 e. The molecule has 0 amide bonds.